The Balaban J connectivity index is 2.00. The van der Waals surface area contributed by atoms with E-state index in [0.717, 1.165) is 17.0 Å². The van der Waals surface area contributed by atoms with Gasteiger partial charge in [-0.3, -0.25) is 4.79 Å². The molecule has 0 saturated carbocycles. The van der Waals surface area contributed by atoms with Crippen LogP contribution in [0, 0.1) is 0 Å². The fourth-order valence-corrected chi connectivity index (χ4v) is 3.99. The van der Waals surface area contributed by atoms with Gasteiger partial charge in [-0.15, -0.1) is 0 Å². The molecule has 0 N–H and O–H groups in total. The number of para-hydroxylation sites is 1. The maximum absolute atomic E-state index is 13.2. The van der Waals surface area contributed by atoms with Crippen LogP contribution in [0.15, 0.2) is 72.9 Å². The predicted molar refractivity (Wildman–Crippen MR) is 99.6 cm³/mol. The number of rotatable bonds is 3. The molecule has 5 heteroatoms. The first-order valence-corrected chi connectivity index (χ1v) is 9.65. The van der Waals surface area contributed by atoms with E-state index in [9.17, 15) is 13.2 Å². The lowest BCUT2D eigenvalue weighted by molar-refractivity contribution is 0.104. The van der Waals surface area contributed by atoms with E-state index in [-0.39, 0.29) is 5.78 Å². The first kappa shape index (κ1) is 15.6. The van der Waals surface area contributed by atoms with Gasteiger partial charge < -0.3 is 0 Å². The van der Waals surface area contributed by atoms with Crippen LogP contribution >= 0.6 is 0 Å². The Labute approximate surface area is 145 Å². The van der Waals surface area contributed by atoms with Crippen molar-refractivity contribution in [3.8, 4) is 0 Å². The average Bonchev–Trinajstić information content (AvgIpc) is 3.01. The topological polar surface area (TPSA) is 56.1 Å². The van der Waals surface area contributed by atoms with E-state index in [1.807, 2.05) is 36.4 Å². The van der Waals surface area contributed by atoms with E-state index in [0.29, 0.717) is 22.0 Å². The lowest BCUT2D eigenvalue weighted by Crippen LogP contribution is -2.08. The Morgan fingerprint density at radius 1 is 0.800 bits per heavy atom. The van der Waals surface area contributed by atoms with Crippen molar-refractivity contribution in [3.63, 3.8) is 0 Å². The minimum atomic E-state index is -3.50. The highest BCUT2D eigenvalue weighted by Crippen LogP contribution is 2.27. The zero-order chi connectivity index (χ0) is 17.6. The monoisotopic (exact) mass is 349 g/mol. The van der Waals surface area contributed by atoms with Crippen molar-refractivity contribution in [1.82, 2.24) is 3.97 Å². The summed E-state index contributed by atoms with van der Waals surface area (Å²) in [6.07, 6.45) is 2.55. The molecule has 1 heterocycles. The summed E-state index contributed by atoms with van der Waals surface area (Å²) in [5.41, 5.74) is 1.46. The van der Waals surface area contributed by atoms with Gasteiger partial charge in [0.1, 0.15) is 0 Å². The molecule has 0 radical (unpaired) electrons. The van der Waals surface area contributed by atoms with Crippen LogP contribution in [0.4, 0.5) is 0 Å². The number of carbonyl (C=O) groups is 1. The molecule has 0 fully saturated rings. The largest absolute Gasteiger partial charge is 0.289 e. The standard InChI is InChI=1S/C20H15NO3S/c1-25(23,24)21-13-18(16-10-4-5-12-19(16)21)20(22)17-11-6-8-14-7-2-3-9-15(14)17/h2-13H,1H3. The van der Waals surface area contributed by atoms with Crippen LogP contribution in [-0.2, 0) is 10.0 Å². The minimum Gasteiger partial charge on any atom is -0.289 e. The van der Waals surface area contributed by atoms with Gasteiger partial charge in [0.25, 0.3) is 0 Å². The van der Waals surface area contributed by atoms with Gasteiger partial charge in [-0.25, -0.2) is 12.4 Å². The second-order valence-corrected chi connectivity index (χ2v) is 7.83. The molecule has 0 aliphatic heterocycles. The molecule has 1 aromatic heterocycles. The van der Waals surface area contributed by atoms with E-state index in [1.165, 1.54) is 10.2 Å². The first-order valence-electron chi connectivity index (χ1n) is 7.80. The highest BCUT2D eigenvalue weighted by atomic mass is 32.2. The van der Waals surface area contributed by atoms with Crippen molar-refractivity contribution in [3.05, 3.63) is 84.1 Å². The lowest BCUT2D eigenvalue weighted by Gasteiger charge is -2.05. The second kappa shape index (κ2) is 5.57. The minimum absolute atomic E-state index is 0.185. The first-order chi connectivity index (χ1) is 12.0. The van der Waals surface area contributed by atoms with Gasteiger partial charge >= 0.3 is 0 Å². The van der Waals surface area contributed by atoms with Crippen molar-refractivity contribution < 1.29 is 13.2 Å². The van der Waals surface area contributed by atoms with Gasteiger partial charge in [0.2, 0.25) is 10.0 Å². The summed E-state index contributed by atoms with van der Waals surface area (Å²) in [5.74, 6) is -0.185. The summed E-state index contributed by atoms with van der Waals surface area (Å²) >= 11 is 0. The normalized spacial score (nSPS) is 11.9. The number of hydrogen-bond acceptors (Lipinski definition) is 3. The third kappa shape index (κ3) is 2.53. The fraction of sp³-hybridized carbons (Fsp3) is 0.0500. The van der Waals surface area contributed by atoms with Gasteiger partial charge in [-0.2, -0.15) is 0 Å². The Bertz CT molecular complexity index is 1230. The highest BCUT2D eigenvalue weighted by molar-refractivity contribution is 7.89. The molecule has 0 unspecified atom stereocenters. The third-order valence-electron chi connectivity index (χ3n) is 4.31. The van der Waals surface area contributed by atoms with E-state index >= 15 is 0 Å². The van der Waals surface area contributed by atoms with Gasteiger partial charge in [-0.05, 0) is 16.8 Å². The molecule has 0 amide bonds. The Morgan fingerprint density at radius 2 is 1.44 bits per heavy atom. The van der Waals surface area contributed by atoms with Crippen LogP contribution in [0.5, 0.6) is 0 Å². The lowest BCUT2D eigenvalue weighted by atomic mass is 9.97. The van der Waals surface area contributed by atoms with Crippen LogP contribution in [0.3, 0.4) is 0 Å². The SMILES string of the molecule is CS(=O)(=O)n1cc(C(=O)c2cccc3ccccc23)c2ccccc21. The van der Waals surface area contributed by atoms with Crippen molar-refractivity contribution in [2.24, 2.45) is 0 Å². The van der Waals surface area contributed by atoms with Crippen LogP contribution < -0.4 is 0 Å². The number of aromatic nitrogens is 1. The van der Waals surface area contributed by atoms with Crippen LogP contribution in [-0.4, -0.2) is 24.4 Å². The Morgan fingerprint density at radius 3 is 2.20 bits per heavy atom. The molecule has 124 valence electrons. The molecular weight excluding hydrogens is 334 g/mol. The molecule has 4 aromatic rings. The molecule has 0 saturated heterocycles. The molecule has 0 aliphatic rings. The van der Waals surface area contributed by atoms with Gasteiger partial charge in [-0.1, -0.05) is 60.7 Å². The van der Waals surface area contributed by atoms with E-state index in [1.54, 1.807) is 30.3 Å². The van der Waals surface area contributed by atoms with Gasteiger partial charge in [0.15, 0.2) is 5.78 Å². The van der Waals surface area contributed by atoms with Gasteiger partial charge in [0, 0.05) is 22.7 Å². The number of hydrogen-bond donors (Lipinski definition) is 0. The van der Waals surface area contributed by atoms with Crippen molar-refractivity contribution >= 4 is 37.5 Å². The summed E-state index contributed by atoms with van der Waals surface area (Å²) in [4.78, 5) is 13.2. The smallest absolute Gasteiger partial charge is 0.236 e. The number of carbonyl (C=O) groups excluding carboxylic acids is 1. The molecule has 3 aromatic carbocycles. The van der Waals surface area contributed by atoms with E-state index in [4.69, 9.17) is 0 Å². The summed E-state index contributed by atoms with van der Waals surface area (Å²) in [6.45, 7) is 0. The summed E-state index contributed by atoms with van der Waals surface area (Å²) in [5, 5.41) is 2.46. The fourth-order valence-electron chi connectivity index (χ4n) is 3.17. The Kier molecular flexibility index (Phi) is 3.47. The zero-order valence-corrected chi connectivity index (χ0v) is 14.3. The number of fused-ring (bicyclic) bond motifs is 2. The number of benzene rings is 3. The number of nitrogens with zero attached hydrogens (tertiary/aromatic N) is 1. The predicted octanol–water partition coefficient (Wildman–Crippen LogP) is 3.83. The molecule has 0 bridgehead atoms. The molecular formula is C20H15NO3S. The van der Waals surface area contributed by atoms with E-state index in [2.05, 4.69) is 0 Å². The zero-order valence-electron chi connectivity index (χ0n) is 13.5. The van der Waals surface area contributed by atoms with Gasteiger partial charge in [0.05, 0.1) is 11.8 Å². The molecule has 4 nitrogen and oxygen atoms in total. The van der Waals surface area contributed by atoms with Crippen LogP contribution in [0.1, 0.15) is 15.9 Å². The summed E-state index contributed by atoms with van der Waals surface area (Å²) < 4.78 is 25.3. The summed E-state index contributed by atoms with van der Waals surface area (Å²) in [7, 11) is -3.50. The molecule has 0 spiro atoms. The van der Waals surface area contributed by atoms with Crippen LogP contribution in [0.2, 0.25) is 0 Å². The van der Waals surface area contributed by atoms with Crippen molar-refractivity contribution in [1.29, 1.82) is 0 Å². The molecule has 0 atom stereocenters. The van der Waals surface area contributed by atoms with Crippen molar-refractivity contribution in [2.75, 3.05) is 6.26 Å². The van der Waals surface area contributed by atoms with Crippen LogP contribution in [0.25, 0.3) is 21.7 Å². The number of ketones is 1. The highest BCUT2D eigenvalue weighted by Gasteiger charge is 2.21. The molecule has 25 heavy (non-hydrogen) atoms. The quantitative estimate of drug-likeness (QED) is 0.528. The molecule has 4 rings (SSSR count). The maximum atomic E-state index is 13.2. The van der Waals surface area contributed by atoms with E-state index < -0.39 is 10.0 Å². The maximum Gasteiger partial charge on any atom is 0.236 e. The Hall–Kier alpha value is -2.92. The summed E-state index contributed by atoms with van der Waals surface area (Å²) in [6, 6.07) is 20.3. The third-order valence-corrected chi connectivity index (χ3v) is 5.33. The second-order valence-electron chi connectivity index (χ2n) is 5.97. The van der Waals surface area contributed by atoms with Crippen molar-refractivity contribution in [2.45, 2.75) is 0 Å². The molecule has 0 aliphatic carbocycles. The average molecular weight is 349 g/mol.